The summed E-state index contributed by atoms with van der Waals surface area (Å²) in [5.41, 5.74) is 0.973. The first kappa shape index (κ1) is 12.8. The van der Waals surface area contributed by atoms with Gasteiger partial charge in [-0.3, -0.25) is 4.98 Å². The Morgan fingerprint density at radius 1 is 1.60 bits per heavy atom. The average molecular weight is 246 g/mol. The third kappa shape index (κ3) is 4.87. The molecule has 0 aliphatic carbocycles. The van der Waals surface area contributed by atoms with Crippen molar-refractivity contribution >= 4 is 23.4 Å². The van der Waals surface area contributed by atoms with Crippen LogP contribution in [0.5, 0.6) is 0 Å². The zero-order valence-corrected chi connectivity index (χ0v) is 10.4. The van der Waals surface area contributed by atoms with Crippen molar-refractivity contribution in [1.82, 2.24) is 4.98 Å². The molecule has 1 heterocycles. The Balaban J connectivity index is 2.37. The second kappa shape index (κ2) is 7.09. The van der Waals surface area contributed by atoms with E-state index in [0.717, 1.165) is 23.5 Å². The number of hydrogen-bond acceptors (Lipinski definition) is 3. The van der Waals surface area contributed by atoms with Crippen LogP contribution in [-0.2, 0) is 6.42 Å². The van der Waals surface area contributed by atoms with Crippen LogP contribution in [0.15, 0.2) is 18.5 Å². The van der Waals surface area contributed by atoms with Gasteiger partial charge in [0.15, 0.2) is 0 Å². The van der Waals surface area contributed by atoms with Crippen molar-refractivity contribution in [3.63, 3.8) is 0 Å². The molecule has 1 aromatic rings. The Morgan fingerprint density at radius 3 is 3.07 bits per heavy atom. The summed E-state index contributed by atoms with van der Waals surface area (Å²) in [5.74, 6) is 2.10. The van der Waals surface area contributed by atoms with E-state index in [1.54, 1.807) is 12.4 Å². The molecule has 0 bridgehead atoms. The maximum atomic E-state index is 9.76. The highest BCUT2D eigenvalue weighted by atomic mass is 35.5. The van der Waals surface area contributed by atoms with Gasteiger partial charge in [0.25, 0.3) is 0 Å². The first-order valence-corrected chi connectivity index (χ1v) is 6.61. The lowest BCUT2D eigenvalue weighted by atomic mass is 10.1. The minimum atomic E-state index is -0.302. The fourth-order valence-electron chi connectivity index (χ4n) is 1.29. The fraction of sp³-hybridized carbons (Fsp3) is 0.545. The molecule has 0 amide bonds. The van der Waals surface area contributed by atoms with Crippen LogP contribution >= 0.6 is 23.4 Å². The highest BCUT2D eigenvalue weighted by Crippen LogP contribution is 2.17. The van der Waals surface area contributed by atoms with Crippen LogP contribution in [0, 0.1) is 0 Å². The molecule has 15 heavy (non-hydrogen) atoms. The molecule has 0 aliphatic rings. The number of pyridine rings is 1. The molecular weight excluding hydrogens is 230 g/mol. The summed E-state index contributed by atoms with van der Waals surface area (Å²) < 4.78 is 0. The lowest BCUT2D eigenvalue weighted by Gasteiger charge is -2.10. The van der Waals surface area contributed by atoms with Crippen molar-refractivity contribution in [2.24, 2.45) is 0 Å². The summed E-state index contributed by atoms with van der Waals surface area (Å²) in [6, 6.07) is 1.86. The number of rotatable bonds is 6. The maximum Gasteiger partial charge on any atom is 0.0622 e. The molecule has 84 valence electrons. The van der Waals surface area contributed by atoms with Gasteiger partial charge in [0, 0.05) is 12.4 Å². The second-order valence-electron chi connectivity index (χ2n) is 3.31. The molecule has 0 radical (unpaired) electrons. The van der Waals surface area contributed by atoms with E-state index in [4.69, 9.17) is 11.6 Å². The van der Waals surface area contributed by atoms with Gasteiger partial charge in [0.05, 0.1) is 11.1 Å². The molecule has 1 rings (SSSR count). The highest BCUT2D eigenvalue weighted by molar-refractivity contribution is 7.99. The number of halogens is 1. The van der Waals surface area contributed by atoms with E-state index in [9.17, 15) is 5.11 Å². The minimum Gasteiger partial charge on any atom is -0.393 e. The Bertz CT molecular complexity index is 296. The van der Waals surface area contributed by atoms with Crippen LogP contribution < -0.4 is 0 Å². The van der Waals surface area contributed by atoms with E-state index in [0.29, 0.717) is 11.4 Å². The maximum absolute atomic E-state index is 9.76. The van der Waals surface area contributed by atoms with Crippen molar-refractivity contribution in [2.75, 3.05) is 11.5 Å². The number of hydrogen-bond donors (Lipinski definition) is 1. The third-order valence-electron chi connectivity index (χ3n) is 2.11. The van der Waals surface area contributed by atoms with E-state index in [2.05, 4.69) is 11.9 Å². The van der Waals surface area contributed by atoms with Crippen molar-refractivity contribution in [3.05, 3.63) is 29.0 Å². The average Bonchev–Trinajstić information content (AvgIpc) is 2.22. The van der Waals surface area contributed by atoms with E-state index < -0.39 is 0 Å². The number of aliphatic hydroxyl groups is 1. The topological polar surface area (TPSA) is 33.1 Å². The monoisotopic (exact) mass is 245 g/mol. The zero-order chi connectivity index (χ0) is 11.1. The molecule has 0 saturated heterocycles. The molecule has 0 saturated carbocycles. The van der Waals surface area contributed by atoms with E-state index in [-0.39, 0.29) is 6.10 Å². The van der Waals surface area contributed by atoms with Crippen molar-refractivity contribution < 1.29 is 5.11 Å². The number of aliphatic hydroxyl groups excluding tert-OH is 1. The molecule has 0 aromatic carbocycles. The summed E-state index contributed by atoms with van der Waals surface area (Å²) in [4.78, 5) is 3.91. The Labute approximate surface area is 100 Å². The molecular formula is C11H16ClNOS. The van der Waals surface area contributed by atoms with E-state index in [1.807, 2.05) is 17.8 Å². The molecule has 0 aliphatic heterocycles. The number of nitrogens with zero attached hydrogens (tertiary/aromatic N) is 1. The van der Waals surface area contributed by atoms with Crippen LogP contribution in [0.4, 0.5) is 0 Å². The summed E-state index contributed by atoms with van der Waals surface area (Å²) >= 11 is 7.80. The molecule has 4 heteroatoms. The summed E-state index contributed by atoms with van der Waals surface area (Å²) in [5, 5.41) is 10.4. The highest BCUT2D eigenvalue weighted by Gasteiger charge is 2.07. The van der Waals surface area contributed by atoms with Gasteiger partial charge < -0.3 is 5.11 Å². The van der Waals surface area contributed by atoms with E-state index >= 15 is 0 Å². The Morgan fingerprint density at radius 2 is 2.40 bits per heavy atom. The Kier molecular flexibility index (Phi) is 6.06. The first-order valence-electron chi connectivity index (χ1n) is 5.08. The molecule has 2 nitrogen and oxygen atoms in total. The van der Waals surface area contributed by atoms with Gasteiger partial charge in [-0.15, -0.1) is 0 Å². The van der Waals surface area contributed by atoms with Crippen LogP contribution in [0.2, 0.25) is 5.02 Å². The van der Waals surface area contributed by atoms with Crippen molar-refractivity contribution in [2.45, 2.75) is 25.9 Å². The van der Waals surface area contributed by atoms with Gasteiger partial charge >= 0.3 is 0 Å². The largest absolute Gasteiger partial charge is 0.393 e. The van der Waals surface area contributed by atoms with Crippen LogP contribution in [-0.4, -0.2) is 27.7 Å². The number of thioether (sulfide) groups is 1. The molecule has 1 aromatic heterocycles. The Hall–Kier alpha value is -0.250. The second-order valence-corrected chi connectivity index (χ2v) is 5.11. The quantitative estimate of drug-likeness (QED) is 0.783. The van der Waals surface area contributed by atoms with E-state index in [1.165, 1.54) is 0 Å². The van der Waals surface area contributed by atoms with Gasteiger partial charge in [-0.25, -0.2) is 0 Å². The number of aromatic nitrogens is 1. The van der Waals surface area contributed by atoms with Crippen molar-refractivity contribution in [3.8, 4) is 0 Å². The lowest BCUT2D eigenvalue weighted by Crippen LogP contribution is -2.12. The molecule has 0 fully saturated rings. The van der Waals surface area contributed by atoms with Crippen molar-refractivity contribution in [1.29, 1.82) is 0 Å². The van der Waals surface area contributed by atoms with Crippen LogP contribution in [0.25, 0.3) is 0 Å². The lowest BCUT2D eigenvalue weighted by molar-refractivity contribution is 0.172. The normalized spacial score (nSPS) is 12.7. The fourth-order valence-corrected chi connectivity index (χ4v) is 2.21. The SMILES string of the molecule is CCSCCC(O)Cc1ccncc1Cl. The first-order chi connectivity index (χ1) is 7.24. The van der Waals surface area contributed by atoms with Gasteiger partial charge in [-0.05, 0) is 36.0 Å². The van der Waals surface area contributed by atoms with Gasteiger partial charge in [0.2, 0.25) is 0 Å². The molecule has 1 N–H and O–H groups in total. The van der Waals surface area contributed by atoms with Crippen LogP contribution in [0.3, 0.4) is 0 Å². The van der Waals surface area contributed by atoms with Gasteiger partial charge in [-0.1, -0.05) is 18.5 Å². The zero-order valence-electron chi connectivity index (χ0n) is 8.82. The summed E-state index contributed by atoms with van der Waals surface area (Å²) in [7, 11) is 0. The predicted octanol–water partition coefficient (Wildman–Crippen LogP) is 2.78. The molecule has 1 atom stereocenters. The smallest absolute Gasteiger partial charge is 0.0622 e. The molecule has 1 unspecified atom stereocenters. The van der Waals surface area contributed by atoms with Crippen LogP contribution in [0.1, 0.15) is 18.9 Å². The van der Waals surface area contributed by atoms with Gasteiger partial charge in [0.1, 0.15) is 0 Å². The predicted molar refractivity (Wildman–Crippen MR) is 66.6 cm³/mol. The minimum absolute atomic E-state index is 0.302. The standard InChI is InChI=1S/C11H16ClNOS/c1-2-15-6-4-10(14)7-9-3-5-13-8-11(9)12/h3,5,8,10,14H,2,4,6-7H2,1H3. The van der Waals surface area contributed by atoms with Gasteiger partial charge in [-0.2, -0.15) is 11.8 Å². The third-order valence-corrected chi connectivity index (χ3v) is 3.38. The molecule has 0 spiro atoms. The summed E-state index contributed by atoms with van der Waals surface area (Å²) in [6.45, 7) is 2.12. The summed E-state index contributed by atoms with van der Waals surface area (Å²) in [6.07, 6.45) is 4.45.